The number of oxime groups is 1. The van der Waals surface area contributed by atoms with E-state index in [-0.39, 0.29) is 5.91 Å². The first kappa shape index (κ1) is 17.8. The zero-order valence-corrected chi connectivity index (χ0v) is 14.3. The zero-order chi connectivity index (χ0) is 17.4. The van der Waals surface area contributed by atoms with Crippen LogP contribution in [0.15, 0.2) is 53.7 Å². The topological polar surface area (TPSA) is 59.9 Å². The lowest BCUT2D eigenvalue weighted by molar-refractivity contribution is -0.126. The van der Waals surface area contributed by atoms with E-state index in [4.69, 9.17) is 21.2 Å². The van der Waals surface area contributed by atoms with Crippen molar-refractivity contribution in [2.45, 2.75) is 20.0 Å². The molecule has 2 aromatic rings. The van der Waals surface area contributed by atoms with Crippen LogP contribution in [0.25, 0.3) is 0 Å². The Morgan fingerprint density at radius 3 is 2.50 bits per heavy atom. The minimum atomic E-state index is -0.723. The predicted octanol–water partition coefficient (Wildman–Crippen LogP) is 4.12. The fourth-order valence-corrected chi connectivity index (χ4v) is 1.95. The molecule has 1 N–H and O–H groups in total. The number of amides is 1. The highest BCUT2D eigenvalue weighted by molar-refractivity contribution is 6.30. The molecule has 126 valence electrons. The quantitative estimate of drug-likeness (QED) is 0.606. The van der Waals surface area contributed by atoms with E-state index in [1.807, 2.05) is 31.2 Å². The summed E-state index contributed by atoms with van der Waals surface area (Å²) in [4.78, 5) is 17.2. The molecule has 0 radical (unpaired) electrons. The standard InChI is InChI=1S/C18H19ClN2O3/c1-3-23-17-10-4-14(5-11-17)12-20-24-13(2)18(22)21-16-8-6-15(19)7-9-16/h4-13H,3H2,1-2H3,(H,21,22)/b20-12-/t13-/m0/s1. The molecule has 0 unspecified atom stereocenters. The molecule has 0 saturated carbocycles. The number of ether oxygens (including phenoxy) is 1. The zero-order valence-electron chi connectivity index (χ0n) is 13.5. The summed E-state index contributed by atoms with van der Waals surface area (Å²) in [5, 5.41) is 7.18. The van der Waals surface area contributed by atoms with Crippen LogP contribution in [0.4, 0.5) is 5.69 Å². The van der Waals surface area contributed by atoms with Gasteiger partial charge in [-0.15, -0.1) is 0 Å². The molecule has 0 aliphatic rings. The fourth-order valence-electron chi connectivity index (χ4n) is 1.82. The lowest BCUT2D eigenvalue weighted by atomic mass is 10.2. The van der Waals surface area contributed by atoms with Gasteiger partial charge in [-0.1, -0.05) is 16.8 Å². The van der Waals surface area contributed by atoms with Crippen LogP contribution in [0, 0.1) is 0 Å². The highest BCUT2D eigenvalue weighted by atomic mass is 35.5. The van der Waals surface area contributed by atoms with Gasteiger partial charge < -0.3 is 14.9 Å². The van der Waals surface area contributed by atoms with Gasteiger partial charge in [0.1, 0.15) is 5.75 Å². The van der Waals surface area contributed by atoms with E-state index >= 15 is 0 Å². The van der Waals surface area contributed by atoms with Gasteiger partial charge in [-0.2, -0.15) is 0 Å². The average Bonchev–Trinajstić information content (AvgIpc) is 2.58. The maximum Gasteiger partial charge on any atom is 0.267 e. The van der Waals surface area contributed by atoms with Crippen LogP contribution in [0.5, 0.6) is 5.75 Å². The van der Waals surface area contributed by atoms with Crippen molar-refractivity contribution in [3.8, 4) is 5.75 Å². The number of nitrogens with zero attached hydrogens (tertiary/aromatic N) is 1. The SMILES string of the molecule is CCOc1ccc(/C=N\O[C@@H](C)C(=O)Nc2ccc(Cl)cc2)cc1. The fraction of sp³-hybridized carbons (Fsp3) is 0.222. The van der Waals surface area contributed by atoms with Crippen molar-refractivity contribution in [3.05, 3.63) is 59.1 Å². The van der Waals surface area contributed by atoms with E-state index in [1.165, 1.54) is 0 Å². The molecule has 2 rings (SSSR count). The third kappa shape index (κ3) is 5.59. The molecule has 1 amide bonds. The van der Waals surface area contributed by atoms with Crippen LogP contribution in [0.2, 0.25) is 5.02 Å². The van der Waals surface area contributed by atoms with Crippen molar-refractivity contribution in [1.29, 1.82) is 0 Å². The summed E-state index contributed by atoms with van der Waals surface area (Å²) >= 11 is 5.80. The molecule has 0 aliphatic carbocycles. The molecule has 0 aliphatic heterocycles. The lowest BCUT2D eigenvalue weighted by Gasteiger charge is -2.10. The summed E-state index contributed by atoms with van der Waals surface area (Å²) in [6, 6.07) is 14.3. The van der Waals surface area contributed by atoms with Gasteiger partial charge in [-0.05, 0) is 67.9 Å². The van der Waals surface area contributed by atoms with E-state index < -0.39 is 6.10 Å². The Morgan fingerprint density at radius 1 is 1.21 bits per heavy atom. The Morgan fingerprint density at radius 2 is 1.88 bits per heavy atom. The smallest absolute Gasteiger partial charge is 0.267 e. The monoisotopic (exact) mass is 346 g/mol. The molecular formula is C18H19ClN2O3. The number of benzene rings is 2. The van der Waals surface area contributed by atoms with Gasteiger partial charge in [-0.3, -0.25) is 4.79 Å². The van der Waals surface area contributed by atoms with Crippen LogP contribution >= 0.6 is 11.6 Å². The van der Waals surface area contributed by atoms with Gasteiger partial charge in [0, 0.05) is 10.7 Å². The number of hydrogen-bond acceptors (Lipinski definition) is 4. The molecule has 0 aromatic heterocycles. The van der Waals surface area contributed by atoms with E-state index in [2.05, 4.69) is 10.5 Å². The second kappa shape index (κ2) is 8.93. The van der Waals surface area contributed by atoms with Crippen LogP contribution in [-0.2, 0) is 9.63 Å². The van der Waals surface area contributed by atoms with Crippen molar-refractivity contribution >= 4 is 29.4 Å². The van der Waals surface area contributed by atoms with Crippen molar-refractivity contribution in [1.82, 2.24) is 0 Å². The number of nitrogens with one attached hydrogen (secondary N) is 1. The van der Waals surface area contributed by atoms with Gasteiger partial charge in [0.25, 0.3) is 5.91 Å². The van der Waals surface area contributed by atoms with Crippen LogP contribution < -0.4 is 10.1 Å². The first-order valence-corrected chi connectivity index (χ1v) is 7.94. The normalized spacial score (nSPS) is 12.0. The number of hydrogen-bond donors (Lipinski definition) is 1. The molecule has 6 heteroatoms. The van der Waals surface area contributed by atoms with E-state index in [1.54, 1.807) is 37.4 Å². The third-order valence-corrected chi connectivity index (χ3v) is 3.34. The summed E-state index contributed by atoms with van der Waals surface area (Å²) in [6.07, 6.45) is 0.821. The molecule has 2 aromatic carbocycles. The van der Waals surface area contributed by atoms with Crippen LogP contribution in [0.3, 0.4) is 0 Å². The summed E-state index contributed by atoms with van der Waals surface area (Å²) in [5.41, 5.74) is 1.50. The van der Waals surface area contributed by atoms with Gasteiger partial charge in [0.2, 0.25) is 6.10 Å². The van der Waals surface area contributed by atoms with Gasteiger partial charge in [-0.25, -0.2) is 0 Å². The molecule has 24 heavy (non-hydrogen) atoms. The Hall–Kier alpha value is -2.53. The number of rotatable bonds is 7. The Balaban J connectivity index is 1.83. The van der Waals surface area contributed by atoms with Crippen LogP contribution in [0.1, 0.15) is 19.4 Å². The second-order valence-corrected chi connectivity index (χ2v) is 5.42. The first-order chi connectivity index (χ1) is 11.6. The summed E-state index contributed by atoms with van der Waals surface area (Å²) in [7, 11) is 0. The van der Waals surface area contributed by atoms with Crippen molar-refractivity contribution in [2.75, 3.05) is 11.9 Å². The number of carbonyl (C=O) groups excluding carboxylic acids is 1. The minimum absolute atomic E-state index is 0.291. The molecule has 0 spiro atoms. The molecule has 0 fully saturated rings. The lowest BCUT2D eigenvalue weighted by Crippen LogP contribution is -2.26. The Bertz CT molecular complexity index is 684. The number of anilines is 1. The van der Waals surface area contributed by atoms with E-state index in [0.29, 0.717) is 17.3 Å². The second-order valence-electron chi connectivity index (χ2n) is 4.98. The third-order valence-electron chi connectivity index (χ3n) is 3.09. The molecular weight excluding hydrogens is 328 g/mol. The van der Waals surface area contributed by atoms with Crippen LogP contribution in [-0.4, -0.2) is 24.8 Å². The van der Waals surface area contributed by atoms with Crippen molar-refractivity contribution in [3.63, 3.8) is 0 Å². The summed E-state index contributed by atoms with van der Waals surface area (Å²) in [5.74, 6) is 0.507. The van der Waals surface area contributed by atoms with Gasteiger partial charge in [0.15, 0.2) is 0 Å². The van der Waals surface area contributed by atoms with E-state index in [0.717, 1.165) is 11.3 Å². The molecule has 1 atom stereocenters. The molecule has 0 heterocycles. The molecule has 0 bridgehead atoms. The average molecular weight is 347 g/mol. The Labute approximate surface area is 146 Å². The highest BCUT2D eigenvalue weighted by Gasteiger charge is 2.14. The largest absolute Gasteiger partial charge is 0.494 e. The first-order valence-electron chi connectivity index (χ1n) is 7.57. The number of carbonyl (C=O) groups is 1. The summed E-state index contributed by atoms with van der Waals surface area (Å²) < 4.78 is 5.36. The maximum absolute atomic E-state index is 12.0. The van der Waals surface area contributed by atoms with E-state index in [9.17, 15) is 4.79 Å². The number of halogens is 1. The maximum atomic E-state index is 12.0. The molecule has 5 nitrogen and oxygen atoms in total. The minimum Gasteiger partial charge on any atom is -0.494 e. The van der Waals surface area contributed by atoms with Gasteiger partial charge >= 0.3 is 0 Å². The molecule has 0 saturated heterocycles. The Kier molecular flexibility index (Phi) is 6.63. The van der Waals surface area contributed by atoms with Crippen molar-refractivity contribution < 1.29 is 14.4 Å². The predicted molar refractivity (Wildman–Crippen MR) is 95.8 cm³/mol. The van der Waals surface area contributed by atoms with Crippen molar-refractivity contribution in [2.24, 2.45) is 5.16 Å². The summed E-state index contributed by atoms with van der Waals surface area (Å²) in [6.45, 7) is 4.18. The highest BCUT2D eigenvalue weighted by Crippen LogP contribution is 2.14. The van der Waals surface area contributed by atoms with Gasteiger partial charge in [0.05, 0.1) is 12.8 Å².